The van der Waals surface area contributed by atoms with Gasteiger partial charge in [-0.3, -0.25) is 0 Å². The lowest BCUT2D eigenvalue weighted by molar-refractivity contribution is 0.120. The maximum absolute atomic E-state index is 10.7. The molecule has 5 atom stereocenters. The van der Waals surface area contributed by atoms with Gasteiger partial charge in [0.2, 0.25) is 0 Å². The fourth-order valence-corrected chi connectivity index (χ4v) is 5.58. The van der Waals surface area contributed by atoms with E-state index in [1.54, 1.807) is 0 Å². The largest absolute Gasteiger partial charge is 0.478 e. The van der Waals surface area contributed by atoms with Crippen LogP contribution in [0.15, 0.2) is 30.4 Å². The monoisotopic (exact) mass is 367 g/mol. The molecule has 3 aliphatic rings. The molecule has 0 spiro atoms. The Kier molecular flexibility index (Phi) is 5.52. The van der Waals surface area contributed by atoms with Crippen molar-refractivity contribution in [1.29, 1.82) is 5.26 Å². The van der Waals surface area contributed by atoms with Crippen LogP contribution in [0.2, 0.25) is 0 Å². The Bertz CT molecular complexity index is 732. The van der Waals surface area contributed by atoms with Crippen molar-refractivity contribution in [3.63, 3.8) is 0 Å². The van der Waals surface area contributed by atoms with Crippen LogP contribution >= 0.6 is 0 Å². The molecule has 2 N–H and O–H groups in total. The second kappa shape index (κ2) is 8.04. The molecule has 4 heteroatoms. The summed E-state index contributed by atoms with van der Waals surface area (Å²) in [5.74, 6) is 1.85. The first kappa shape index (κ1) is 18.5. The topological polar surface area (TPSA) is 73.5 Å². The van der Waals surface area contributed by atoms with Crippen LogP contribution in [0.1, 0.15) is 55.6 Å². The van der Waals surface area contributed by atoms with Crippen molar-refractivity contribution in [2.24, 2.45) is 17.8 Å². The zero-order valence-electron chi connectivity index (χ0n) is 15.8. The van der Waals surface area contributed by atoms with E-state index < -0.39 is 6.10 Å². The van der Waals surface area contributed by atoms with Gasteiger partial charge < -0.3 is 14.9 Å². The Hall–Kier alpha value is -1.83. The SMILES string of the molecule is N#CCOc1cccc2c1[C@H]1C[C@@H](O)[C@H](C=CC(O)C3CCCCC3)[C@H]1C2. The quantitative estimate of drug-likeness (QED) is 0.778. The number of aliphatic hydroxyl groups is 2. The second-order valence-electron chi connectivity index (χ2n) is 8.40. The Morgan fingerprint density at radius 2 is 2.07 bits per heavy atom. The molecular weight excluding hydrogens is 338 g/mol. The van der Waals surface area contributed by atoms with Crippen molar-refractivity contribution in [3.8, 4) is 11.8 Å². The lowest BCUT2D eigenvalue weighted by Gasteiger charge is -2.25. The Morgan fingerprint density at radius 1 is 1.26 bits per heavy atom. The predicted octanol–water partition coefficient (Wildman–Crippen LogP) is 3.72. The van der Waals surface area contributed by atoms with E-state index >= 15 is 0 Å². The minimum absolute atomic E-state index is 0.0489. The van der Waals surface area contributed by atoms with E-state index in [0.29, 0.717) is 11.8 Å². The van der Waals surface area contributed by atoms with E-state index in [1.807, 2.05) is 24.3 Å². The van der Waals surface area contributed by atoms with Crippen molar-refractivity contribution < 1.29 is 14.9 Å². The normalized spacial score (nSPS) is 31.4. The number of ether oxygens (including phenoxy) is 1. The van der Waals surface area contributed by atoms with Crippen LogP contribution in [0.25, 0.3) is 0 Å². The molecule has 144 valence electrons. The Morgan fingerprint density at radius 3 is 2.85 bits per heavy atom. The number of fused-ring (bicyclic) bond motifs is 3. The number of hydrogen-bond acceptors (Lipinski definition) is 4. The molecule has 2 saturated carbocycles. The molecule has 0 radical (unpaired) electrons. The van der Waals surface area contributed by atoms with Crippen molar-refractivity contribution in [1.82, 2.24) is 0 Å². The molecule has 27 heavy (non-hydrogen) atoms. The first-order valence-corrected chi connectivity index (χ1v) is 10.3. The van der Waals surface area contributed by atoms with Crippen molar-refractivity contribution in [3.05, 3.63) is 41.5 Å². The van der Waals surface area contributed by atoms with Gasteiger partial charge in [0.25, 0.3) is 0 Å². The molecule has 0 amide bonds. The zero-order chi connectivity index (χ0) is 18.8. The van der Waals surface area contributed by atoms with E-state index in [4.69, 9.17) is 10.00 Å². The van der Waals surface area contributed by atoms with Gasteiger partial charge in [-0.2, -0.15) is 5.26 Å². The highest BCUT2D eigenvalue weighted by atomic mass is 16.5. The molecule has 1 aromatic rings. The highest BCUT2D eigenvalue weighted by Crippen LogP contribution is 2.54. The summed E-state index contributed by atoms with van der Waals surface area (Å²) in [6, 6.07) is 8.09. The number of nitrogens with zero attached hydrogens (tertiary/aromatic N) is 1. The van der Waals surface area contributed by atoms with Crippen molar-refractivity contribution in [2.75, 3.05) is 6.61 Å². The Balaban J connectivity index is 1.49. The molecule has 1 unspecified atom stereocenters. The van der Waals surface area contributed by atoms with E-state index in [1.165, 1.54) is 30.4 Å². The highest BCUT2D eigenvalue weighted by Gasteiger charge is 2.47. The molecule has 4 rings (SSSR count). The lowest BCUT2D eigenvalue weighted by Crippen LogP contribution is -2.22. The smallest absolute Gasteiger partial charge is 0.174 e. The molecule has 0 bridgehead atoms. The van der Waals surface area contributed by atoms with Crippen LogP contribution in [0.3, 0.4) is 0 Å². The van der Waals surface area contributed by atoms with E-state index in [-0.39, 0.29) is 24.5 Å². The zero-order valence-corrected chi connectivity index (χ0v) is 15.8. The van der Waals surface area contributed by atoms with Crippen LogP contribution < -0.4 is 4.74 Å². The van der Waals surface area contributed by atoms with Gasteiger partial charge in [-0.05, 0) is 55.1 Å². The Labute approximate surface area is 161 Å². The van der Waals surface area contributed by atoms with Crippen LogP contribution in [-0.2, 0) is 6.42 Å². The molecule has 0 aliphatic heterocycles. The number of benzene rings is 1. The van der Waals surface area contributed by atoms with Gasteiger partial charge in [-0.1, -0.05) is 43.5 Å². The molecular formula is C23H29NO3. The number of hydrogen-bond donors (Lipinski definition) is 2. The van der Waals surface area contributed by atoms with Gasteiger partial charge in [-0.15, -0.1) is 0 Å². The minimum Gasteiger partial charge on any atom is -0.478 e. The second-order valence-corrected chi connectivity index (χ2v) is 8.40. The van der Waals surface area contributed by atoms with Gasteiger partial charge >= 0.3 is 0 Å². The van der Waals surface area contributed by atoms with Gasteiger partial charge in [0.05, 0.1) is 12.2 Å². The lowest BCUT2D eigenvalue weighted by atomic mass is 9.84. The minimum atomic E-state index is -0.394. The van der Waals surface area contributed by atoms with Crippen LogP contribution in [0, 0.1) is 29.1 Å². The fraction of sp³-hybridized carbons (Fsp3) is 0.609. The summed E-state index contributed by atoms with van der Waals surface area (Å²) in [7, 11) is 0. The highest BCUT2D eigenvalue weighted by molar-refractivity contribution is 5.48. The van der Waals surface area contributed by atoms with Crippen LogP contribution in [0.4, 0.5) is 0 Å². The average molecular weight is 367 g/mol. The number of aliphatic hydroxyl groups excluding tert-OH is 2. The van der Waals surface area contributed by atoms with E-state index in [2.05, 4.69) is 12.1 Å². The summed E-state index contributed by atoms with van der Waals surface area (Å²) < 4.78 is 5.65. The summed E-state index contributed by atoms with van der Waals surface area (Å²) in [4.78, 5) is 0. The third-order valence-electron chi connectivity index (χ3n) is 6.89. The van der Waals surface area contributed by atoms with Gasteiger partial charge in [0, 0.05) is 11.5 Å². The van der Waals surface area contributed by atoms with E-state index in [9.17, 15) is 10.2 Å². The van der Waals surface area contributed by atoms with Crippen molar-refractivity contribution in [2.45, 2.75) is 63.1 Å². The third kappa shape index (κ3) is 3.63. The van der Waals surface area contributed by atoms with E-state index in [0.717, 1.165) is 31.4 Å². The summed E-state index contributed by atoms with van der Waals surface area (Å²) >= 11 is 0. The molecule has 0 aromatic heterocycles. The maximum Gasteiger partial charge on any atom is 0.174 e. The summed E-state index contributed by atoms with van der Waals surface area (Å²) in [6.45, 7) is 0.0489. The molecule has 0 saturated heterocycles. The molecule has 4 nitrogen and oxygen atoms in total. The standard InChI is InChI=1S/C23H29NO3/c24-11-12-27-22-8-4-7-16-13-18-17(21(26)14-19(18)23(16)22)9-10-20(25)15-5-2-1-3-6-15/h4,7-10,15,17-21,25-26H,1-3,5-6,12-14H2/t17-,18-,19+,20?,21-/m1/s1. The summed E-state index contributed by atoms with van der Waals surface area (Å²) in [5.41, 5.74) is 2.46. The van der Waals surface area contributed by atoms with Gasteiger partial charge in [0.1, 0.15) is 11.8 Å². The first-order chi connectivity index (χ1) is 13.2. The molecule has 1 aromatic carbocycles. The predicted molar refractivity (Wildman–Crippen MR) is 103 cm³/mol. The molecule has 0 heterocycles. The van der Waals surface area contributed by atoms with Gasteiger partial charge in [-0.25, -0.2) is 0 Å². The van der Waals surface area contributed by atoms with Crippen LogP contribution in [0.5, 0.6) is 5.75 Å². The third-order valence-corrected chi connectivity index (χ3v) is 6.89. The first-order valence-electron chi connectivity index (χ1n) is 10.3. The fourth-order valence-electron chi connectivity index (χ4n) is 5.58. The molecule has 2 fully saturated rings. The number of nitriles is 1. The van der Waals surface area contributed by atoms with Crippen LogP contribution in [-0.4, -0.2) is 29.0 Å². The number of rotatable bonds is 5. The maximum atomic E-state index is 10.7. The van der Waals surface area contributed by atoms with Crippen molar-refractivity contribution >= 4 is 0 Å². The molecule has 3 aliphatic carbocycles. The van der Waals surface area contributed by atoms with Gasteiger partial charge in [0.15, 0.2) is 6.61 Å². The summed E-state index contributed by atoms with van der Waals surface area (Å²) in [5, 5.41) is 30.1. The average Bonchev–Trinajstić information content (AvgIpc) is 3.20. The summed E-state index contributed by atoms with van der Waals surface area (Å²) in [6.07, 6.45) is 10.8.